The minimum atomic E-state index is 0.172. The van der Waals surface area contributed by atoms with Gasteiger partial charge in [-0.2, -0.15) is 0 Å². The van der Waals surface area contributed by atoms with Crippen molar-refractivity contribution in [1.82, 2.24) is 0 Å². The Labute approximate surface area is 212 Å². The van der Waals surface area contributed by atoms with Gasteiger partial charge in [-0.15, -0.1) is 0 Å². The average Bonchev–Trinajstić information content (AvgIpc) is 3.00. The summed E-state index contributed by atoms with van der Waals surface area (Å²) in [6, 6.07) is 0. The molecular formula is C33H56O. The SMILES string of the molecule is C[C@@H]1C[C@H]2C(=O)C=C3C(CC[C@]4(C)[C@@H](C(C)(C)[C@@H](C)CCC(C)(C)C)CC[C@@]34C)[C@@]2(C)C[C@@H]1C. The fourth-order valence-corrected chi connectivity index (χ4v) is 9.82. The smallest absolute Gasteiger partial charge is 0.159 e. The van der Waals surface area contributed by atoms with Crippen LogP contribution in [-0.2, 0) is 4.79 Å². The van der Waals surface area contributed by atoms with E-state index in [-0.39, 0.29) is 16.7 Å². The van der Waals surface area contributed by atoms with Gasteiger partial charge in [-0.3, -0.25) is 4.79 Å². The van der Waals surface area contributed by atoms with Crippen LogP contribution in [0, 0.1) is 62.6 Å². The summed E-state index contributed by atoms with van der Waals surface area (Å²) >= 11 is 0. The highest BCUT2D eigenvalue weighted by atomic mass is 16.1. The quantitative estimate of drug-likeness (QED) is 0.401. The first-order chi connectivity index (χ1) is 15.5. The van der Waals surface area contributed by atoms with Gasteiger partial charge in [0.05, 0.1) is 0 Å². The summed E-state index contributed by atoms with van der Waals surface area (Å²) < 4.78 is 0. The lowest BCUT2D eigenvalue weighted by Gasteiger charge is -2.62. The molecule has 0 spiro atoms. The minimum Gasteiger partial charge on any atom is -0.295 e. The molecule has 1 unspecified atom stereocenters. The van der Waals surface area contributed by atoms with E-state index in [9.17, 15) is 4.79 Å². The van der Waals surface area contributed by atoms with Gasteiger partial charge < -0.3 is 0 Å². The summed E-state index contributed by atoms with van der Waals surface area (Å²) in [6.45, 7) is 27.4. The normalized spacial score (nSPS) is 45.8. The highest BCUT2D eigenvalue weighted by molar-refractivity contribution is 5.94. The van der Waals surface area contributed by atoms with Crippen molar-refractivity contribution >= 4 is 5.78 Å². The Bertz CT molecular complexity index is 841. The number of hydrogen-bond acceptors (Lipinski definition) is 1. The van der Waals surface area contributed by atoms with E-state index in [0.717, 1.165) is 24.2 Å². The third-order valence-corrected chi connectivity index (χ3v) is 13.0. The Morgan fingerprint density at radius 3 is 2.24 bits per heavy atom. The number of allylic oxidation sites excluding steroid dienone is 2. The zero-order valence-electron chi connectivity index (χ0n) is 24.6. The summed E-state index contributed by atoms with van der Waals surface area (Å²) in [5.74, 6) is 4.20. The average molecular weight is 469 g/mol. The first-order valence-corrected chi connectivity index (χ1v) is 14.7. The predicted octanol–water partition coefficient (Wildman–Crippen LogP) is 9.51. The zero-order valence-corrected chi connectivity index (χ0v) is 24.6. The fourth-order valence-electron chi connectivity index (χ4n) is 9.82. The Hall–Kier alpha value is -0.590. The molecule has 0 aromatic carbocycles. The summed E-state index contributed by atoms with van der Waals surface area (Å²) in [7, 11) is 0. The van der Waals surface area contributed by atoms with Crippen molar-refractivity contribution in [2.45, 2.75) is 128 Å². The molecular weight excluding hydrogens is 412 g/mol. The molecule has 34 heavy (non-hydrogen) atoms. The maximum Gasteiger partial charge on any atom is 0.159 e. The summed E-state index contributed by atoms with van der Waals surface area (Å²) in [4.78, 5) is 13.7. The molecule has 0 saturated heterocycles. The van der Waals surface area contributed by atoms with Gasteiger partial charge in [-0.05, 0) is 114 Å². The van der Waals surface area contributed by atoms with Gasteiger partial charge >= 0.3 is 0 Å². The maximum atomic E-state index is 13.7. The molecule has 0 bridgehead atoms. The maximum absolute atomic E-state index is 13.7. The molecule has 194 valence electrons. The lowest BCUT2D eigenvalue weighted by Crippen LogP contribution is -2.56. The summed E-state index contributed by atoms with van der Waals surface area (Å²) in [6.07, 6.45) is 12.4. The fraction of sp³-hybridized carbons (Fsp3) is 0.909. The molecule has 1 nitrogen and oxygen atoms in total. The van der Waals surface area contributed by atoms with E-state index in [1.54, 1.807) is 5.57 Å². The van der Waals surface area contributed by atoms with Gasteiger partial charge in [0, 0.05) is 5.92 Å². The number of carbonyl (C=O) groups is 1. The van der Waals surface area contributed by atoms with E-state index < -0.39 is 0 Å². The van der Waals surface area contributed by atoms with Crippen LogP contribution in [0.15, 0.2) is 11.6 Å². The van der Waals surface area contributed by atoms with Crippen molar-refractivity contribution in [3.63, 3.8) is 0 Å². The Kier molecular flexibility index (Phi) is 6.39. The molecule has 0 aromatic rings. The van der Waals surface area contributed by atoms with Crippen LogP contribution in [0.3, 0.4) is 0 Å². The lowest BCUT2D eigenvalue weighted by molar-refractivity contribution is -0.134. The third kappa shape index (κ3) is 3.80. The number of rotatable bonds is 4. The molecule has 3 saturated carbocycles. The van der Waals surface area contributed by atoms with Crippen LogP contribution in [0.5, 0.6) is 0 Å². The van der Waals surface area contributed by atoms with E-state index in [2.05, 4.69) is 82.2 Å². The number of hydrogen-bond donors (Lipinski definition) is 0. The van der Waals surface area contributed by atoms with Crippen LogP contribution in [0.2, 0.25) is 0 Å². The van der Waals surface area contributed by atoms with E-state index >= 15 is 0 Å². The van der Waals surface area contributed by atoms with Crippen molar-refractivity contribution in [2.75, 3.05) is 0 Å². The standard InChI is InChI=1S/C33H56O/c1-21-18-26-27(34)19-25-24(31(26,9)20-22(21)2)13-16-33(11)28(14-17-32(25,33)10)30(7,8)23(3)12-15-29(4,5)6/h19,21-24,26,28H,12-18,20H2,1-11H3/t21-,22+,23+,24?,26+,28-,31-,32+,33-/m1/s1. The highest BCUT2D eigenvalue weighted by Gasteiger charge is 2.66. The van der Waals surface area contributed by atoms with Gasteiger partial charge in [0.15, 0.2) is 5.78 Å². The van der Waals surface area contributed by atoms with Gasteiger partial charge in [0.25, 0.3) is 0 Å². The molecule has 3 fully saturated rings. The molecule has 0 N–H and O–H groups in total. The first-order valence-electron chi connectivity index (χ1n) is 14.7. The predicted molar refractivity (Wildman–Crippen MR) is 146 cm³/mol. The molecule has 4 aliphatic rings. The summed E-state index contributed by atoms with van der Waals surface area (Å²) in [5, 5.41) is 0. The Morgan fingerprint density at radius 2 is 1.62 bits per heavy atom. The molecule has 4 aliphatic carbocycles. The van der Waals surface area contributed by atoms with Crippen molar-refractivity contribution < 1.29 is 4.79 Å². The Morgan fingerprint density at radius 1 is 0.971 bits per heavy atom. The van der Waals surface area contributed by atoms with Gasteiger partial charge in [0.2, 0.25) is 0 Å². The lowest BCUT2D eigenvalue weighted by atomic mass is 9.41. The molecule has 1 heteroatoms. The topological polar surface area (TPSA) is 17.1 Å². The van der Waals surface area contributed by atoms with E-state index in [1.165, 1.54) is 44.9 Å². The van der Waals surface area contributed by atoms with Crippen molar-refractivity contribution in [2.24, 2.45) is 62.6 Å². The van der Waals surface area contributed by atoms with Gasteiger partial charge in [-0.1, -0.05) is 81.7 Å². The minimum absolute atomic E-state index is 0.172. The van der Waals surface area contributed by atoms with Crippen molar-refractivity contribution in [3.05, 3.63) is 11.6 Å². The molecule has 0 heterocycles. The molecule has 0 aromatic heterocycles. The number of fused-ring (bicyclic) bond motifs is 5. The van der Waals surface area contributed by atoms with E-state index in [0.29, 0.717) is 33.9 Å². The van der Waals surface area contributed by atoms with E-state index in [1.807, 2.05) is 0 Å². The highest BCUT2D eigenvalue weighted by Crippen LogP contribution is 2.74. The second kappa shape index (κ2) is 8.21. The van der Waals surface area contributed by atoms with Crippen molar-refractivity contribution in [3.8, 4) is 0 Å². The number of ketones is 1. The van der Waals surface area contributed by atoms with Gasteiger partial charge in [0.1, 0.15) is 0 Å². The molecule has 4 rings (SSSR count). The third-order valence-electron chi connectivity index (χ3n) is 13.0. The molecule has 0 amide bonds. The van der Waals surface area contributed by atoms with Crippen LogP contribution in [-0.4, -0.2) is 5.78 Å². The van der Waals surface area contributed by atoms with Gasteiger partial charge in [-0.25, -0.2) is 0 Å². The molecule has 9 atom stereocenters. The monoisotopic (exact) mass is 468 g/mol. The van der Waals surface area contributed by atoms with Crippen molar-refractivity contribution in [1.29, 1.82) is 0 Å². The van der Waals surface area contributed by atoms with Crippen LogP contribution in [0.1, 0.15) is 128 Å². The van der Waals surface area contributed by atoms with Crippen LogP contribution >= 0.6 is 0 Å². The number of carbonyl (C=O) groups excluding carboxylic acids is 1. The van der Waals surface area contributed by atoms with Crippen LogP contribution in [0.25, 0.3) is 0 Å². The largest absolute Gasteiger partial charge is 0.295 e. The molecule has 0 radical (unpaired) electrons. The second-order valence-electron chi connectivity index (χ2n) is 16.2. The van der Waals surface area contributed by atoms with Crippen LogP contribution in [0.4, 0.5) is 0 Å². The first kappa shape index (κ1) is 26.5. The Balaban J connectivity index is 1.66. The second-order valence-corrected chi connectivity index (χ2v) is 16.2. The zero-order chi connectivity index (χ0) is 25.5. The molecule has 0 aliphatic heterocycles. The summed E-state index contributed by atoms with van der Waals surface area (Å²) in [5.41, 5.74) is 2.96. The van der Waals surface area contributed by atoms with Crippen LogP contribution < -0.4 is 0 Å². The van der Waals surface area contributed by atoms with E-state index in [4.69, 9.17) is 0 Å².